The molecule has 0 aliphatic carbocycles. The Morgan fingerprint density at radius 3 is 3.00 bits per heavy atom. The summed E-state index contributed by atoms with van der Waals surface area (Å²) in [5, 5.41) is 3.30. The highest BCUT2D eigenvalue weighted by molar-refractivity contribution is 5.57. The average molecular weight is 159 g/mol. The predicted octanol–water partition coefficient (Wildman–Crippen LogP) is 2.95. The van der Waals surface area contributed by atoms with Gasteiger partial charge in [-0.25, -0.2) is 0 Å². The molecule has 1 aromatic rings. The highest BCUT2D eigenvalue weighted by Crippen LogP contribution is 2.24. The molecule has 12 heavy (non-hydrogen) atoms. The van der Waals surface area contributed by atoms with Crippen molar-refractivity contribution >= 4 is 5.69 Å². The minimum atomic E-state index is 1.11. The predicted molar refractivity (Wildman–Crippen MR) is 52.1 cm³/mol. The Labute approximate surface area is 73.1 Å². The molecule has 1 aromatic carbocycles. The quantitative estimate of drug-likeness (QED) is 0.664. The van der Waals surface area contributed by atoms with Crippen LogP contribution in [0, 0.1) is 0 Å². The molecule has 1 heterocycles. The maximum atomic E-state index is 3.30. The van der Waals surface area contributed by atoms with E-state index in [2.05, 4.69) is 42.7 Å². The summed E-state index contributed by atoms with van der Waals surface area (Å²) in [6.45, 7) is 2.20. The zero-order valence-electron chi connectivity index (χ0n) is 7.30. The largest absolute Gasteiger partial charge is 0.361 e. The van der Waals surface area contributed by atoms with Gasteiger partial charge in [-0.3, -0.25) is 0 Å². The van der Waals surface area contributed by atoms with Crippen molar-refractivity contribution in [3.8, 4) is 0 Å². The number of benzene rings is 1. The first kappa shape index (κ1) is 7.41. The normalized spacial score (nSPS) is 14.6. The van der Waals surface area contributed by atoms with Crippen LogP contribution in [-0.4, -0.2) is 0 Å². The first-order valence-electron chi connectivity index (χ1n) is 4.42. The molecule has 1 nitrogen and oxygen atoms in total. The van der Waals surface area contributed by atoms with Crippen molar-refractivity contribution in [1.82, 2.24) is 0 Å². The molecule has 0 spiro atoms. The van der Waals surface area contributed by atoms with Gasteiger partial charge in [0.05, 0.1) is 0 Å². The van der Waals surface area contributed by atoms with Crippen molar-refractivity contribution < 1.29 is 0 Å². The van der Waals surface area contributed by atoms with Crippen molar-refractivity contribution in [2.75, 3.05) is 5.32 Å². The summed E-state index contributed by atoms with van der Waals surface area (Å²) in [6.07, 6.45) is 4.38. The van der Waals surface area contributed by atoms with Gasteiger partial charge >= 0.3 is 0 Å². The van der Waals surface area contributed by atoms with E-state index in [1.165, 1.54) is 16.8 Å². The minimum Gasteiger partial charge on any atom is -0.361 e. The summed E-state index contributed by atoms with van der Waals surface area (Å²) in [4.78, 5) is 0. The molecular formula is C11H13N. The average Bonchev–Trinajstić information content (AvgIpc) is 2.17. The Balaban J connectivity index is 2.31. The number of hydrogen-bond donors (Lipinski definition) is 1. The van der Waals surface area contributed by atoms with Crippen LogP contribution in [0.5, 0.6) is 0 Å². The molecule has 0 unspecified atom stereocenters. The molecule has 0 fully saturated rings. The molecular weight excluding hydrogens is 146 g/mol. The monoisotopic (exact) mass is 159 g/mol. The van der Waals surface area contributed by atoms with Crippen LogP contribution in [0.25, 0.3) is 0 Å². The Hall–Kier alpha value is -1.24. The number of allylic oxidation sites excluding steroid dienone is 1. The van der Waals surface area contributed by atoms with Crippen LogP contribution < -0.4 is 5.32 Å². The van der Waals surface area contributed by atoms with Crippen molar-refractivity contribution in [2.24, 2.45) is 0 Å². The number of rotatable bonds is 1. The molecule has 0 aromatic heterocycles. The van der Waals surface area contributed by atoms with Crippen LogP contribution in [0.1, 0.15) is 18.9 Å². The SMILES string of the molecule is CCC1=CNc2ccccc2C1. The van der Waals surface area contributed by atoms with E-state index in [0.717, 1.165) is 12.8 Å². The van der Waals surface area contributed by atoms with Gasteiger partial charge in [-0.1, -0.05) is 25.1 Å². The first-order valence-corrected chi connectivity index (χ1v) is 4.42. The zero-order valence-corrected chi connectivity index (χ0v) is 7.30. The zero-order chi connectivity index (χ0) is 8.39. The van der Waals surface area contributed by atoms with Crippen molar-refractivity contribution in [3.05, 3.63) is 41.6 Å². The lowest BCUT2D eigenvalue weighted by Crippen LogP contribution is -2.04. The summed E-state index contributed by atoms with van der Waals surface area (Å²) in [5.41, 5.74) is 4.15. The third kappa shape index (κ3) is 1.22. The number of anilines is 1. The molecule has 62 valence electrons. The summed E-state index contributed by atoms with van der Waals surface area (Å²) in [5.74, 6) is 0. The van der Waals surface area contributed by atoms with Crippen LogP contribution in [0.15, 0.2) is 36.0 Å². The van der Waals surface area contributed by atoms with Gasteiger partial charge < -0.3 is 5.32 Å². The molecule has 0 radical (unpaired) electrons. The van der Waals surface area contributed by atoms with Gasteiger partial charge in [0.25, 0.3) is 0 Å². The summed E-state index contributed by atoms with van der Waals surface area (Å²) in [7, 11) is 0. The van der Waals surface area contributed by atoms with E-state index in [-0.39, 0.29) is 0 Å². The second-order valence-electron chi connectivity index (χ2n) is 3.13. The molecule has 1 N–H and O–H groups in total. The Morgan fingerprint density at radius 2 is 2.17 bits per heavy atom. The van der Waals surface area contributed by atoms with E-state index in [9.17, 15) is 0 Å². The molecule has 0 saturated carbocycles. The van der Waals surface area contributed by atoms with Crippen LogP contribution in [0.4, 0.5) is 5.69 Å². The molecule has 1 aliphatic heterocycles. The lowest BCUT2D eigenvalue weighted by molar-refractivity contribution is 0.985. The van der Waals surface area contributed by atoms with E-state index in [4.69, 9.17) is 0 Å². The second kappa shape index (κ2) is 3.02. The van der Waals surface area contributed by atoms with Crippen LogP contribution in [0.3, 0.4) is 0 Å². The van der Waals surface area contributed by atoms with Crippen molar-refractivity contribution in [2.45, 2.75) is 19.8 Å². The maximum absolute atomic E-state index is 3.30. The molecule has 0 atom stereocenters. The molecule has 0 amide bonds. The molecule has 1 heteroatoms. The fourth-order valence-corrected chi connectivity index (χ4v) is 1.52. The third-order valence-corrected chi connectivity index (χ3v) is 2.32. The van der Waals surface area contributed by atoms with E-state index in [1.807, 2.05) is 0 Å². The highest BCUT2D eigenvalue weighted by Gasteiger charge is 2.07. The number of nitrogens with one attached hydrogen (secondary N) is 1. The summed E-state index contributed by atoms with van der Waals surface area (Å²) >= 11 is 0. The smallest absolute Gasteiger partial charge is 0.0415 e. The van der Waals surface area contributed by atoms with E-state index >= 15 is 0 Å². The van der Waals surface area contributed by atoms with Gasteiger partial charge in [-0.2, -0.15) is 0 Å². The Kier molecular flexibility index (Phi) is 1.86. The Bertz CT molecular complexity index is 313. The van der Waals surface area contributed by atoms with Gasteiger partial charge in [0.2, 0.25) is 0 Å². The van der Waals surface area contributed by atoms with Gasteiger partial charge in [0.15, 0.2) is 0 Å². The van der Waals surface area contributed by atoms with Crippen molar-refractivity contribution in [1.29, 1.82) is 0 Å². The van der Waals surface area contributed by atoms with Gasteiger partial charge in [0, 0.05) is 11.9 Å². The van der Waals surface area contributed by atoms with Gasteiger partial charge in [0.1, 0.15) is 0 Å². The first-order chi connectivity index (χ1) is 5.90. The van der Waals surface area contributed by atoms with Gasteiger partial charge in [-0.15, -0.1) is 0 Å². The minimum absolute atomic E-state index is 1.11. The Morgan fingerprint density at radius 1 is 1.33 bits per heavy atom. The topological polar surface area (TPSA) is 12.0 Å². The number of fused-ring (bicyclic) bond motifs is 1. The van der Waals surface area contributed by atoms with E-state index in [1.54, 1.807) is 0 Å². The molecule has 1 aliphatic rings. The van der Waals surface area contributed by atoms with Crippen LogP contribution in [-0.2, 0) is 6.42 Å². The lowest BCUT2D eigenvalue weighted by Gasteiger charge is -2.16. The standard InChI is InChI=1S/C11H13N/c1-2-9-7-10-5-3-4-6-11(10)12-8-9/h3-6,8,12H,2,7H2,1H3. The molecule has 0 saturated heterocycles. The third-order valence-electron chi connectivity index (χ3n) is 2.32. The lowest BCUT2D eigenvalue weighted by atomic mass is 10.00. The number of para-hydroxylation sites is 1. The maximum Gasteiger partial charge on any atom is 0.0415 e. The van der Waals surface area contributed by atoms with Gasteiger partial charge in [-0.05, 0) is 30.0 Å². The van der Waals surface area contributed by atoms with Crippen molar-refractivity contribution in [3.63, 3.8) is 0 Å². The second-order valence-corrected chi connectivity index (χ2v) is 3.13. The number of hydrogen-bond acceptors (Lipinski definition) is 1. The summed E-state index contributed by atoms with van der Waals surface area (Å²) < 4.78 is 0. The van der Waals surface area contributed by atoms with Crippen LogP contribution in [0.2, 0.25) is 0 Å². The van der Waals surface area contributed by atoms with E-state index in [0.29, 0.717) is 0 Å². The van der Waals surface area contributed by atoms with E-state index < -0.39 is 0 Å². The summed E-state index contributed by atoms with van der Waals surface area (Å²) in [6, 6.07) is 8.47. The molecule has 2 rings (SSSR count). The highest BCUT2D eigenvalue weighted by atomic mass is 14.9. The van der Waals surface area contributed by atoms with Crippen LogP contribution >= 0.6 is 0 Å². The fourth-order valence-electron chi connectivity index (χ4n) is 1.52. The molecule has 0 bridgehead atoms. The fraction of sp³-hybridized carbons (Fsp3) is 0.273.